The molecule has 6 nitrogen and oxygen atoms in total. The monoisotopic (exact) mass is 391 g/mol. The molecule has 1 amide bonds. The van der Waals surface area contributed by atoms with Gasteiger partial charge in [-0.3, -0.25) is 9.79 Å². The Morgan fingerprint density at radius 1 is 1.22 bits per heavy atom. The molecular formula is C20H30ClN5O. The van der Waals surface area contributed by atoms with Crippen molar-refractivity contribution in [3.05, 3.63) is 29.3 Å². The normalized spacial score (nSPS) is 20.7. The van der Waals surface area contributed by atoms with Gasteiger partial charge in [0.05, 0.1) is 0 Å². The second-order valence-electron chi connectivity index (χ2n) is 7.35. The van der Waals surface area contributed by atoms with E-state index >= 15 is 0 Å². The topological polar surface area (TPSA) is 68.8 Å². The van der Waals surface area contributed by atoms with E-state index in [2.05, 4.69) is 31.9 Å². The highest BCUT2D eigenvalue weighted by Gasteiger charge is 2.23. The van der Waals surface area contributed by atoms with Crippen molar-refractivity contribution in [3.63, 3.8) is 0 Å². The highest BCUT2D eigenvalue weighted by molar-refractivity contribution is 6.30. The summed E-state index contributed by atoms with van der Waals surface area (Å²) in [6, 6.07) is 8.67. The Kier molecular flexibility index (Phi) is 7.21. The van der Waals surface area contributed by atoms with Crippen molar-refractivity contribution in [1.82, 2.24) is 16.0 Å². The van der Waals surface area contributed by atoms with Gasteiger partial charge < -0.3 is 20.9 Å². The number of carbonyl (C=O) groups is 1. The molecule has 0 radical (unpaired) electrons. The van der Waals surface area contributed by atoms with Crippen molar-refractivity contribution < 1.29 is 4.79 Å². The molecule has 148 valence electrons. The van der Waals surface area contributed by atoms with E-state index in [-0.39, 0.29) is 5.91 Å². The van der Waals surface area contributed by atoms with Crippen LogP contribution in [0.15, 0.2) is 29.3 Å². The first-order chi connectivity index (χ1) is 13.1. The minimum absolute atomic E-state index is 0.123. The summed E-state index contributed by atoms with van der Waals surface area (Å²) in [4.78, 5) is 18.6. The molecule has 1 unspecified atom stereocenters. The average molecular weight is 392 g/mol. The van der Waals surface area contributed by atoms with Gasteiger partial charge in [0.25, 0.3) is 0 Å². The minimum atomic E-state index is 0.123. The molecule has 1 aromatic rings. The van der Waals surface area contributed by atoms with Crippen LogP contribution in [0.2, 0.25) is 5.02 Å². The lowest BCUT2D eigenvalue weighted by molar-refractivity contribution is -0.121. The van der Waals surface area contributed by atoms with Crippen LogP contribution in [0, 0.1) is 0 Å². The first-order valence-electron chi connectivity index (χ1n) is 9.91. The number of carbonyl (C=O) groups excluding carboxylic acids is 1. The third-order valence-corrected chi connectivity index (χ3v) is 5.53. The van der Waals surface area contributed by atoms with Crippen molar-refractivity contribution in [2.45, 2.75) is 50.6 Å². The van der Waals surface area contributed by atoms with E-state index in [1.807, 2.05) is 18.2 Å². The Labute approximate surface area is 166 Å². The SMILES string of the molecule is CN=C(NCCC(=O)NC1CCCC1)NC1CCN(c2cccc(Cl)c2)C1. The van der Waals surface area contributed by atoms with Crippen LogP contribution in [0.25, 0.3) is 0 Å². The number of amides is 1. The Morgan fingerprint density at radius 2 is 2.04 bits per heavy atom. The first kappa shape index (κ1) is 19.8. The maximum absolute atomic E-state index is 12.0. The largest absolute Gasteiger partial charge is 0.369 e. The Bertz CT molecular complexity index is 660. The van der Waals surface area contributed by atoms with Crippen LogP contribution in [-0.4, -0.2) is 50.6 Å². The molecule has 1 aliphatic heterocycles. The van der Waals surface area contributed by atoms with E-state index in [9.17, 15) is 4.79 Å². The third kappa shape index (κ3) is 6.03. The number of nitrogens with zero attached hydrogens (tertiary/aromatic N) is 2. The van der Waals surface area contributed by atoms with Crippen molar-refractivity contribution in [1.29, 1.82) is 0 Å². The minimum Gasteiger partial charge on any atom is -0.369 e. The number of benzene rings is 1. The predicted octanol–water partition coefficient (Wildman–Crippen LogP) is 2.53. The maximum Gasteiger partial charge on any atom is 0.221 e. The standard InChI is InChI=1S/C20H30ClN5O/c1-22-20(23-11-9-19(27)24-16-6-2-3-7-16)25-17-10-12-26(14-17)18-8-4-5-15(21)13-18/h4-5,8,13,16-17H,2-3,6-7,9-12,14H2,1H3,(H,24,27)(H2,22,23,25). The molecule has 1 saturated heterocycles. The average Bonchev–Trinajstić information content (AvgIpc) is 3.33. The Morgan fingerprint density at radius 3 is 2.78 bits per heavy atom. The van der Waals surface area contributed by atoms with E-state index in [0.717, 1.165) is 49.0 Å². The number of rotatable bonds is 6. The molecule has 0 spiro atoms. The van der Waals surface area contributed by atoms with Gasteiger partial charge in [0.1, 0.15) is 0 Å². The van der Waals surface area contributed by atoms with Crippen LogP contribution in [0.4, 0.5) is 5.69 Å². The highest BCUT2D eigenvalue weighted by atomic mass is 35.5. The number of nitrogens with one attached hydrogen (secondary N) is 3. The lowest BCUT2D eigenvalue weighted by Crippen LogP contribution is -2.45. The number of anilines is 1. The van der Waals surface area contributed by atoms with Gasteiger partial charge in [0.15, 0.2) is 5.96 Å². The van der Waals surface area contributed by atoms with Crippen molar-refractivity contribution in [2.24, 2.45) is 4.99 Å². The van der Waals surface area contributed by atoms with Crippen LogP contribution in [0.1, 0.15) is 38.5 Å². The zero-order chi connectivity index (χ0) is 19.1. The number of guanidine groups is 1. The Balaban J connectivity index is 1.38. The summed E-state index contributed by atoms with van der Waals surface area (Å²) in [7, 11) is 1.76. The summed E-state index contributed by atoms with van der Waals surface area (Å²) in [5.41, 5.74) is 1.15. The number of hydrogen-bond donors (Lipinski definition) is 3. The van der Waals surface area contributed by atoms with E-state index < -0.39 is 0 Å². The van der Waals surface area contributed by atoms with Crippen LogP contribution in [0.3, 0.4) is 0 Å². The molecule has 1 aromatic carbocycles. The molecule has 3 N–H and O–H groups in total. The van der Waals surface area contributed by atoms with Crippen molar-refractivity contribution in [2.75, 3.05) is 31.6 Å². The third-order valence-electron chi connectivity index (χ3n) is 5.29. The lowest BCUT2D eigenvalue weighted by atomic mass is 10.2. The van der Waals surface area contributed by atoms with Crippen LogP contribution in [0.5, 0.6) is 0 Å². The quantitative estimate of drug-likeness (QED) is 0.515. The van der Waals surface area contributed by atoms with Gasteiger partial charge in [-0.25, -0.2) is 0 Å². The summed E-state index contributed by atoms with van der Waals surface area (Å²) in [6.45, 7) is 2.48. The van der Waals surface area contributed by atoms with Crippen LogP contribution in [-0.2, 0) is 4.79 Å². The second-order valence-corrected chi connectivity index (χ2v) is 7.79. The molecule has 7 heteroatoms. The van der Waals surface area contributed by atoms with Crippen molar-refractivity contribution >= 4 is 29.2 Å². The van der Waals surface area contributed by atoms with E-state index in [1.165, 1.54) is 12.8 Å². The molecule has 0 bridgehead atoms. The number of halogens is 1. The smallest absolute Gasteiger partial charge is 0.221 e. The lowest BCUT2D eigenvalue weighted by Gasteiger charge is -2.20. The first-order valence-corrected chi connectivity index (χ1v) is 10.3. The van der Waals surface area contributed by atoms with Gasteiger partial charge in [-0.2, -0.15) is 0 Å². The van der Waals surface area contributed by atoms with E-state index in [1.54, 1.807) is 7.05 Å². The van der Waals surface area contributed by atoms with Crippen molar-refractivity contribution in [3.8, 4) is 0 Å². The van der Waals surface area contributed by atoms with E-state index in [4.69, 9.17) is 11.6 Å². The molecule has 0 aromatic heterocycles. The molecular weight excluding hydrogens is 362 g/mol. The fourth-order valence-electron chi connectivity index (χ4n) is 3.84. The fraction of sp³-hybridized carbons (Fsp3) is 0.600. The molecule has 3 rings (SSSR count). The van der Waals surface area contributed by atoms with Gasteiger partial charge >= 0.3 is 0 Å². The van der Waals surface area contributed by atoms with Gasteiger partial charge in [0, 0.05) is 55.9 Å². The van der Waals surface area contributed by atoms with Crippen LogP contribution < -0.4 is 20.9 Å². The van der Waals surface area contributed by atoms with Crippen LogP contribution >= 0.6 is 11.6 Å². The van der Waals surface area contributed by atoms with Gasteiger partial charge in [-0.05, 0) is 37.5 Å². The molecule has 27 heavy (non-hydrogen) atoms. The summed E-state index contributed by atoms with van der Waals surface area (Å²) in [6.07, 6.45) is 6.20. The molecule has 2 fully saturated rings. The maximum atomic E-state index is 12.0. The molecule has 1 saturated carbocycles. The number of hydrogen-bond acceptors (Lipinski definition) is 3. The molecule has 2 aliphatic rings. The number of aliphatic imine (C=N–C) groups is 1. The second kappa shape index (κ2) is 9.83. The predicted molar refractivity (Wildman–Crippen MR) is 112 cm³/mol. The van der Waals surface area contributed by atoms with Gasteiger partial charge in [-0.1, -0.05) is 30.5 Å². The molecule has 1 aliphatic carbocycles. The summed E-state index contributed by atoms with van der Waals surface area (Å²) < 4.78 is 0. The molecule has 1 atom stereocenters. The zero-order valence-electron chi connectivity index (χ0n) is 16.0. The zero-order valence-corrected chi connectivity index (χ0v) is 16.8. The fourth-order valence-corrected chi connectivity index (χ4v) is 4.02. The van der Waals surface area contributed by atoms with Gasteiger partial charge in [-0.15, -0.1) is 0 Å². The summed E-state index contributed by atoms with van der Waals surface area (Å²) >= 11 is 6.10. The van der Waals surface area contributed by atoms with E-state index in [0.29, 0.717) is 25.0 Å². The summed E-state index contributed by atoms with van der Waals surface area (Å²) in [5, 5.41) is 10.6. The Hall–Kier alpha value is -1.95. The summed E-state index contributed by atoms with van der Waals surface area (Å²) in [5.74, 6) is 0.875. The molecule has 1 heterocycles. The highest BCUT2D eigenvalue weighted by Crippen LogP contribution is 2.23. The van der Waals surface area contributed by atoms with Gasteiger partial charge in [0.2, 0.25) is 5.91 Å².